The summed E-state index contributed by atoms with van der Waals surface area (Å²) in [5, 5.41) is 8.93. The summed E-state index contributed by atoms with van der Waals surface area (Å²) in [6.07, 6.45) is 2.26. The van der Waals surface area contributed by atoms with Crippen LogP contribution in [-0.4, -0.2) is 27.4 Å². The lowest BCUT2D eigenvalue weighted by Gasteiger charge is -2.14. The van der Waals surface area contributed by atoms with Gasteiger partial charge in [-0.2, -0.15) is 0 Å². The number of hydrogen-bond donors (Lipinski definition) is 2. The zero-order valence-corrected chi connectivity index (χ0v) is 8.97. The first-order valence-electron chi connectivity index (χ1n) is 5.20. The van der Waals surface area contributed by atoms with Crippen molar-refractivity contribution < 1.29 is 9.84 Å². The molecular weight excluding hydrogens is 224 g/mol. The number of aliphatic hydroxyl groups excluding tert-OH is 1. The molecule has 0 radical (unpaired) electrons. The van der Waals surface area contributed by atoms with E-state index in [0.717, 1.165) is 0 Å². The number of nitrogens with zero attached hydrogens (tertiary/aromatic N) is 1. The van der Waals surface area contributed by atoms with Crippen LogP contribution in [0.4, 0.5) is 0 Å². The highest BCUT2D eigenvalue weighted by atomic mass is 16.5. The van der Waals surface area contributed by atoms with E-state index in [9.17, 15) is 9.59 Å². The SMILES string of the molecule is C.Cc1cn([C@H]2CC[C@@H](CO)O2)c(=O)[nH]c1=O. The molecule has 6 nitrogen and oxygen atoms in total. The highest BCUT2D eigenvalue weighted by Crippen LogP contribution is 2.26. The molecule has 0 unspecified atom stereocenters. The summed E-state index contributed by atoms with van der Waals surface area (Å²) in [7, 11) is 0. The average molecular weight is 242 g/mol. The van der Waals surface area contributed by atoms with Gasteiger partial charge in [0.1, 0.15) is 6.23 Å². The van der Waals surface area contributed by atoms with Crippen molar-refractivity contribution in [2.45, 2.75) is 39.5 Å². The van der Waals surface area contributed by atoms with E-state index in [-0.39, 0.29) is 31.9 Å². The van der Waals surface area contributed by atoms with E-state index in [1.165, 1.54) is 10.8 Å². The number of rotatable bonds is 2. The summed E-state index contributed by atoms with van der Waals surface area (Å²) in [4.78, 5) is 24.9. The van der Waals surface area contributed by atoms with Gasteiger partial charge in [-0.1, -0.05) is 7.43 Å². The Hall–Kier alpha value is -1.40. The first-order chi connectivity index (χ1) is 7.61. The third-order valence-electron chi connectivity index (χ3n) is 2.74. The molecule has 0 saturated carbocycles. The number of nitrogens with one attached hydrogen (secondary N) is 1. The Bertz CT molecular complexity index is 491. The van der Waals surface area contributed by atoms with Crippen molar-refractivity contribution in [1.29, 1.82) is 0 Å². The molecule has 1 aromatic heterocycles. The van der Waals surface area contributed by atoms with Crippen molar-refractivity contribution >= 4 is 0 Å². The van der Waals surface area contributed by atoms with Crippen LogP contribution in [0.2, 0.25) is 0 Å². The fraction of sp³-hybridized carbons (Fsp3) is 0.636. The molecule has 2 N–H and O–H groups in total. The first-order valence-corrected chi connectivity index (χ1v) is 5.20. The predicted octanol–water partition coefficient (Wildman–Crippen LogP) is 0.151. The van der Waals surface area contributed by atoms with Crippen LogP contribution in [0.25, 0.3) is 0 Å². The van der Waals surface area contributed by atoms with Crippen LogP contribution in [0.15, 0.2) is 15.8 Å². The first kappa shape index (κ1) is 13.7. The van der Waals surface area contributed by atoms with Gasteiger partial charge in [0.25, 0.3) is 5.56 Å². The molecule has 6 heteroatoms. The molecule has 1 fully saturated rings. The van der Waals surface area contributed by atoms with Crippen LogP contribution in [0.3, 0.4) is 0 Å². The van der Waals surface area contributed by atoms with E-state index < -0.39 is 5.69 Å². The zero-order chi connectivity index (χ0) is 11.7. The molecule has 0 spiro atoms. The van der Waals surface area contributed by atoms with Gasteiger partial charge in [-0.05, 0) is 19.8 Å². The molecular formula is C11H18N2O4. The van der Waals surface area contributed by atoms with Gasteiger partial charge in [0.15, 0.2) is 0 Å². The van der Waals surface area contributed by atoms with Crippen LogP contribution in [0.5, 0.6) is 0 Å². The van der Waals surface area contributed by atoms with Gasteiger partial charge in [0.2, 0.25) is 0 Å². The number of aromatic nitrogens is 2. The lowest BCUT2D eigenvalue weighted by atomic mass is 10.2. The average Bonchev–Trinajstić information content (AvgIpc) is 2.71. The number of H-pyrrole nitrogens is 1. The lowest BCUT2D eigenvalue weighted by molar-refractivity contribution is -0.0247. The molecule has 1 aromatic rings. The summed E-state index contributed by atoms with van der Waals surface area (Å²) in [6, 6.07) is 0. The van der Waals surface area contributed by atoms with Crippen LogP contribution in [-0.2, 0) is 4.74 Å². The van der Waals surface area contributed by atoms with Crippen molar-refractivity contribution in [3.05, 3.63) is 32.6 Å². The Morgan fingerprint density at radius 1 is 1.53 bits per heavy atom. The summed E-state index contributed by atoms with van der Waals surface area (Å²) in [6.45, 7) is 1.58. The normalized spacial score (nSPS) is 23.4. The van der Waals surface area contributed by atoms with E-state index in [2.05, 4.69) is 4.98 Å². The summed E-state index contributed by atoms with van der Waals surface area (Å²) >= 11 is 0. The van der Waals surface area contributed by atoms with E-state index in [1.54, 1.807) is 6.92 Å². The van der Waals surface area contributed by atoms with Gasteiger partial charge in [0, 0.05) is 11.8 Å². The summed E-state index contributed by atoms with van der Waals surface area (Å²) < 4.78 is 6.83. The van der Waals surface area contributed by atoms with E-state index in [4.69, 9.17) is 9.84 Å². The molecule has 1 aliphatic rings. The topological polar surface area (TPSA) is 84.3 Å². The Morgan fingerprint density at radius 2 is 2.24 bits per heavy atom. The van der Waals surface area contributed by atoms with E-state index >= 15 is 0 Å². The van der Waals surface area contributed by atoms with Crippen molar-refractivity contribution in [3.8, 4) is 0 Å². The Morgan fingerprint density at radius 3 is 2.82 bits per heavy atom. The van der Waals surface area contributed by atoms with Gasteiger partial charge < -0.3 is 9.84 Å². The minimum Gasteiger partial charge on any atom is -0.394 e. The van der Waals surface area contributed by atoms with Crippen molar-refractivity contribution in [2.75, 3.05) is 6.61 Å². The summed E-state index contributed by atoms with van der Waals surface area (Å²) in [5.41, 5.74) is -0.382. The van der Waals surface area contributed by atoms with Gasteiger partial charge >= 0.3 is 5.69 Å². The Labute approximate surface area is 98.9 Å². The number of ether oxygens (including phenoxy) is 1. The highest BCUT2D eigenvalue weighted by molar-refractivity contribution is 5.01. The van der Waals surface area contributed by atoms with Crippen LogP contribution in [0.1, 0.15) is 32.1 Å². The predicted molar refractivity (Wildman–Crippen MR) is 63.0 cm³/mol. The molecule has 17 heavy (non-hydrogen) atoms. The maximum absolute atomic E-state index is 11.5. The molecule has 0 aliphatic carbocycles. The quantitative estimate of drug-likeness (QED) is 0.773. The monoisotopic (exact) mass is 242 g/mol. The Kier molecular flexibility index (Phi) is 4.25. The molecule has 2 heterocycles. The van der Waals surface area contributed by atoms with Crippen molar-refractivity contribution in [3.63, 3.8) is 0 Å². The maximum atomic E-state index is 11.5. The van der Waals surface area contributed by atoms with Crippen LogP contribution >= 0.6 is 0 Å². The van der Waals surface area contributed by atoms with Crippen LogP contribution < -0.4 is 11.2 Å². The molecule has 0 amide bonds. The lowest BCUT2D eigenvalue weighted by Crippen LogP contribution is -2.33. The second-order valence-corrected chi connectivity index (χ2v) is 3.95. The van der Waals surface area contributed by atoms with Crippen molar-refractivity contribution in [2.24, 2.45) is 0 Å². The summed E-state index contributed by atoms with van der Waals surface area (Å²) in [5.74, 6) is 0. The second-order valence-electron chi connectivity index (χ2n) is 3.95. The number of aliphatic hydroxyl groups is 1. The van der Waals surface area contributed by atoms with E-state index in [1.807, 2.05) is 0 Å². The number of hydrogen-bond acceptors (Lipinski definition) is 4. The molecule has 1 saturated heterocycles. The second kappa shape index (κ2) is 5.29. The molecule has 96 valence electrons. The van der Waals surface area contributed by atoms with Crippen molar-refractivity contribution in [1.82, 2.24) is 9.55 Å². The van der Waals surface area contributed by atoms with Gasteiger partial charge in [-0.15, -0.1) is 0 Å². The third-order valence-corrected chi connectivity index (χ3v) is 2.74. The molecule has 2 rings (SSSR count). The fourth-order valence-electron chi connectivity index (χ4n) is 1.83. The maximum Gasteiger partial charge on any atom is 0.330 e. The Balaban J connectivity index is 0.00000144. The van der Waals surface area contributed by atoms with E-state index in [0.29, 0.717) is 18.4 Å². The smallest absolute Gasteiger partial charge is 0.330 e. The van der Waals surface area contributed by atoms with Gasteiger partial charge in [-0.25, -0.2) is 4.79 Å². The number of aromatic amines is 1. The number of aryl methyl sites for hydroxylation is 1. The third kappa shape index (κ3) is 2.65. The minimum absolute atomic E-state index is 0. The zero-order valence-electron chi connectivity index (χ0n) is 8.97. The molecule has 0 bridgehead atoms. The van der Waals surface area contributed by atoms with Crippen LogP contribution in [0, 0.1) is 6.92 Å². The molecule has 2 atom stereocenters. The highest BCUT2D eigenvalue weighted by Gasteiger charge is 2.26. The largest absolute Gasteiger partial charge is 0.394 e. The standard InChI is InChI=1S/C10H14N2O4.CH4/c1-6-4-12(10(15)11-9(6)14)8-3-2-7(5-13)16-8;/h4,7-8,13H,2-3,5H2,1H3,(H,11,14,15);1H4/t7-,8+;/m0./s1. The van der Waals surface area contributed by atoms with Gasteiger partial charge in [0.05, 0.1) is 12.7 Å². The molecule has 1 aliphatic heterocycles. The van der Waals surface area contributed by atoms with Gasteiger partial charge in [-0.3, -0.25) is 14.3 Å². The fourth-order valence-corrected chi connectivity index (χ4v) is 1.83. The minimum atomic E-state index is -0.473. The molecule has 0 aromatic carbocycles.